The molecule has 1 amide bonds. The predicted octanol–water partition coefficient (Wildman–Crippen LogP) is 3.47. The maximum absolute atomic E-state index is 13.2. The molecule has 1 aromatic heterocycles. The molecule has 0 fully saturated rings. The number of benzene rings is 2. The van der Waals surface area contributed by atoms with Gasteiger partial charge in [0.15, 0.2) is 0 Å². The first-order valence-electron chi connectivity index (χ1n) is 7.15. The Morgan fingerprint density at radius 1 is 1.00 bits per heavy atom. The third-order valence-corrected chi connectivity index (χ3v) is 3.99. The highest BCUT2D eigenvalue weighted by atomic mass is 19.1. The van der Waals surface area contributed by atoms with Crippen LogP contribution in [0.1, 0.15) is 15.9 Å². The fourth-order valence-electron chi connectivity index (χ4n) is 2.90. The van der Waals surface area contributed by atoms with E-state index in [1.165, 1.54) is 12.1 Å². The van der Waals surface area contributed by atoms with Crippen molar-refractivity contribution in [3.63, 3.8) is 0 Å². The lowest BCUT2D eigenvalue weighted by atomic mass is 9.95. The normalized spacial score (nSPS) is 12.7. The van der Waals surface area contributed by atoms with Crippen LogP contribution in [0.3, 0.4) is 0 Å². The fourth-order valence-corrected chi connectivity index (χ4v) is 2.90. The van der Waals surface area contributed by atoms with E-state index in [0.29, 0.717) is 5.56 Å². The van der Waals surface area contributed by atoms with Crippen molar-refractivity contribution in [2.24, 2.45) is 12.0 Å². The lowest BCUT2D eigenvalue weighted by molar-refractivity contribution is 0.101. The van der Waals surface area contributed by atoms with Gasteiger partial charge in [0.2, 0.25) is 0 Å². The third-order valence-electron chi connectivity index (χ3n) is 3.99. The van der Waals surface area contributed by atoms with Crippen molar-refractivity contribution >= 4 is 12.1 Å². The molecule has 0 saturated carbocycles. The summed E-state index contributed by atoms with van der Waals surface area (Å²) in [4.78, 5) is 15.7. The smallest absolute Gasteiger partial charge is 0.267 e. The topological polar surface area (TPSA) is 47.2 Å². The number of nitrogens with zero attached hydrogens (tertiary/aromatic N) is 3. The number of aryl methyl sites for hydroxylation is 1. The molecular formula is C18H12FN3O. The highest BCUT2D eigenvalue weighted by molar-refractivity contribution is 6.16. The molecular weight excluding hydrogens is 293 g/mol. The van der Waals surface area contributed by atoms with Crippen molar-refractivity contribution < 1.29 is 9.18 Å². The number of amides is 1. The number of hydrogen-bond acceptors (Lipinski definition) is 2. The van der Waals surface area contributed by atoms with E-state index in [2.05, 4.69) is 10.1 Å². The largest absolute Gasteiger partial charge is 0.277 e. The second kappa shape index (κ2) is 4.98. The highest BCUT2D eigenvalue weighted by Crippen LogP contribution is 2.35. The first-order valence-corrected chi connectivity index (χ1v) is 7.15. The van der Waals surface area contributed by atoms with Crippen molar-refractivity contribution in [2.75, 3.05) is 0 Å². The number of aliphatic imine (C=N–C) groups is 1. The van der Waals surface area contributed by atoms with Crippen LogP contribution in [-0.2, 0) is 7.05 Å². The zero-order valence-corrected chi connectivity index (χ0v) is 12.3. The molecule has 0 aliphatic carbocycles. The summed E-state index contributed by atoms with van der Waals surface area (Å²) in [7, 11) is 1.84. The van der Waals surface area contributed by atoms with Crippen LogP contribution in [0.2, 0.25) is 0 Å². The Bertz CT molecular complexity index is 955. The van der Waals surface area contributed by atoms with Gasteiger partial charge in [-0.15, -0.1) is 0 Å². The molecule has 23 heavy (non-hydrogen) atoms. The van der Waals surface area contributed by atoms with Crippen LogP contribution in [0.15, 0.2) is 53.7 Å². The van der Waals surface area contributed by atoms with Gasteiger partial charge >= 0.3 is 0 Å². The van der Waals surface area contributed by atoms with Gasteiger partial charge in [-0.2, -0.15) is 5.10 Å². The van der Waals surface area contributed by atoms with E-state index in [9.17, 15) is 9.18 Å². The van der Waals surface area contributed by atoms with Gasteiger partial charge in [-0.25, -0.2) is 9.38 Å². The molecule has 5 heteroatoms. The monoisotopic (exact) mass is 305 g/mol. The van der Waals surface area contributed by atoms with Gasteiger partial charge in [-0.05, 0) is 35.9 Å². The number of carbonyl (C=O) groups excluding carboxylic acids is 1. The lowest BCUT2D eigenvalue weighted by Crippen LogP contribution is -1.97. The van der Waals surface area contributed by atoms with Crippen molar-refractivity contribution in [3.8, 4) is 22.4 Å². The van der Waals surface area contributed by atoms with Gasteiger partial charge < -0.3 is 0 Å². The number of hydrogen-bond donors (Lipinski definition) is 0. The van der Waals surface area contributed by atoms with Gasteiger partial charge in [0.25, 0.3) is 5.91 Å². The molecule has 0 spiro atoms. The summed E-state index contributed by atoms with van der Waals surface area (Å²) in [5.74, 6) is -0.509. The van der Waals surface area contributed by atoms with Crippen LogP contribution in [0.5, 0.6) is 0 Å². The van der Waals surface area contributed by atoms with Gasteiger partial charge in [0, 0.05) is 30.0 Å². The van der Waals surface area contributed by atoms with Gasteiger partial charge in [0.1, 0.15) is 5.82 Å². The summed E-state index contributed by atoms with van der Waals surface area (Å²) in [6, 6.07) is 11.8. The summed E-state index contributed by atoms with van der Waals surface area (Å²) in [5, 5.41) is 4.33. The number of carbonyl (C=O) groups is 1. The second-order valence-electron chi connectivity index (χ2n) is 5.37. The van der Waals surface area contributed by atoms with Crippen LogP contribution in [0.4, 0.5) is 4.39 Å². The maximum Gasteiger partial charge on any atom is 0.277 e. The molecule has 4 rings (SSSR count). The lowest BCUT2D eigenvalue weighted by Gasteiger charge is -2.09. The van der Waals surface area contributed by atoms with E-state index in [4.69, 9.17) is 0 Å². The van der Waals surface area contributed by atoms with Crippen molar-refractivity contribution in [1.82, 2.24) is 9.78 Å². The maximum atomic E-state index is 13.2. The van der Waals surface area contributed by atoms with E-state index in [0.717, 1.165) is 27.9 Å². The summed E-state index contributed by atoms with van der Waals surface area (Å²) in [6.07, 6.45) is 3.35. The number of fused-ring (bicyclic) bond motifs is 1. The third kappa shape index (κ3) is 2.09. The number of aromatic nitrogens is 2. The predicted molar refractivity (Wildman–Crippen MR) is 86.0 cm³/mol. The summed E-state index contributed by atoms with van der Waals surface area (Å²) >= 11 is 0. The van der Waals surface area contributed by atoms with Crippen molar-refractivity contribution in [2.45, 2.75) is 0 Å². The molecule has 2 aromatic carbocycles. The zero-order chi connectivity index (χ0) is 16.0. The van der Waals surface area contributed by atoms with E-state index < -0.39 is 0 Å². The standard InChI is InChI=1S/C18H12FN3O/c1-22-17(11-5-7-12(19)8-6-11)16(10-21-22)13-3-2-4-14-15(13)9-20-18(14)23/h2-10H,1H3. The molecule has 0 bridgehead atoms. The molecule has 2 heterocycles. The second-order valence-corrected chi connectivity index (χ2v) is 5.37. The van der Waals surface area contributed by atoms with Crippen molar-refractivity contribution in [1.29, 1.82) is 0 Å². The average molecular weight is 305 g/mol. The highest BCUT2D eigenvalue weighted by Gasteiger charge is 2.22. The molecule has 1 aliphatic heterocycles. The molecule has 0 radical (unpaired) electrons. The molecule has 3 aromatic rings. The van der Waals surface area contributed by atoms with Crippen LogP contribution in [-0.4, -0.2) is 21.9 Å². The Labute approximate surface area is 131 Å². The molecule has 0 unspecified atom stereocenters. The first-order chi connectivity index (χ1) is 11.1. The van der Waals surface area contributed by atoms with E-state index in [1.54, 1.807) is 35.3 Å². The summed E-state index contributed by atoms with van der Waals surface area (Å²) in [6.45, 7) is 0. The minimum Gasteiger partial charge on any atom is -0.267 e. The summed E-state index contributed by atoms with van der Waals surface area (Å²) < 4.78 is 14.9. The van der Waals surface area contributed by atoms with Crippen LogP contribution >= 0.6 is 0 Å². The van der Waals surface area contributed by atoms with Gasteiger partial charge in [-0.3, -0.25) is 9.48 Å². The molecule has 112 valence electrons. The van der Waals surface area contributed by atoms with Crippen LogP contribution < -0.4 is 0 Å². The van der Waals surface area contributed by atoms with Crippen molar-refractivity contribution in [3.05, 3.63) is 65.6 Å². The molecule has 0 saturated heterocycles. The first kappa shape index (κ1) is 13.6. The molecule has 4 nitrogen and oxygen atoms in total. The van der Waals surface area contributed by atoms with Gasteiger partial charge in [-0.1, -0.05) is 12.1 Å². The number of halogens is 1. The SMILES string of the molecule is Cn1ncc(-c2cccc3c2C=NC3=O)c1-c1ccc(F)cc1. The minimum absolute atomic E-state index is 0.228. The van der Waals surface area contributed by atoms with E-state index >= 15 is 0 Å². The van der Waals surface area contributed by atoms with Crippen LogP contribution in [0, 0.1) is 5.82 Å². The summed E-state index contributed by atoms with van der Waals surface area (Å²) in [5.41, 5.74) is 4.90. The minimum atomic E-state index is -0.282. The zero-order valence-electron chi connectivity index (χ0n) is 12.3. The Hall–Kier alpha value is -3.08. The van der Waals surface area contributed by atoms with E-state index in [-0.39, 0.29) is 11.7 Å². The Morgan fingerprint density at radius 2 is 1.74 bits per heavy atom. The van der Waals surface area contributed by atoms with E-state index in [1.807, 2.05) is 19.2 Å². The molecule has 0 atom stereocenters. The molecule has 0 N–H and O–H groups in total. The Balaban J connectivity index is 1.94. The Morgan fingerprint density at radius 3 is 2.52 bits per heavy atom. The average Bonchev–Trinajstić information content (AvgIpc) is 3.12. The van der Waals surface area contributed by atoms with Crippen LogP contribution in [0.25, 0.3) is 22.4 Å². The fraction of sp³-hybridized carbons (Fsp3) is 0.0556. The number of rotatable bonds is 2. The van der Waals surface area contributed by atoms with Gasteiger partial charge in [0.05, 0.1) is 17.5 Å². The Kier molecular flexibility index (Phi) is 2.94. The molecule has 1 aliphatic rings. The quantitative estimate of drug-likeness (QED) is 0.728.